The monoisotopic (exact) mass is 262 g/mol. The van der Waals surface area contributed by atoms with E-state index in [1.54, 1.807) is 6.20 Å². The van der Waals surface area contributed by atoms with Crippen molar-refractivity contribution in [2.75, 3.05) is 6.54 Å². The summed E-state index contributed by atoms with van der Waals surface area (Å²) in [5.74, 6) is 0.766. The van der Waals surface area contributed by atoms with Crippen molar-refractivity contribution in [1.29, 1.82) is 0 Å². The van der Waals surface area contributed by atoms with Crippen molar-refractivity contribution in [2.45, 2.75) is 50.7 Å². The van der Waals surface area contributed by atoms with Crippen LogP contribution in [0.1, 0.15) is 32.1 Å². The highest BCUT2D eigenvalue weighted by atomic mass is 16.1. The third-order valence-corrected chi connectivity index (χ3v) is 4.27. The van der Waals surface area contributed by atoms with Crippen LogP contribution in [0.2, 0.25) is 0 Å². The molecule has 1 amide bonds. The second kappa shape index (κ2) is 5.74. The molecule has 2 N–H and O–H groups in total. The maximum atomic E-state index is 11.9. The van der Waals surface area contributed by atoms with E-state index in [-0.39, 0.29) is 5.91 Å². The molecule has 1 aromatic heterocycles. The van der Waals surface area contributed by atoms with Gasteiger partial charge in [-0.25, -0.2) is 0 Å². The smallest absolute Gasteiger partial charge is 0.220 e. The SMILES string of the molecule is O=C(CC1CC2CCC(C1)N2)NCCn1cccn1. The highest BCUT2D eigenvalue weighted by molar-refractivity contribution is 5.76. The van der Waals surface area contributed by atoms with Gasteiger partial charge in [0, 0.05) is 37.4 Å². The highest BCUT2D eigenvalue weighted by Crippen LogP contribution is 2.32. The fourth-order valence-electron chi connectivity index (χ4n) is 3.42. The number of carbonyl (C=O) groups excluding carboxylic acids is 1. The third kappa shape index (κ3) is 3.35. The van der Waals surface area contributed by atoms with E-state index in [1.807, 2.05) is 16.9 Å². The maximum Gasteiger partial charge on any atom is 0.220 e. The summed E-state index contributed by atoms with van der Waals surface area (Å²) in [5, 5.41) is 10.7. The number of nitrogens with zero attached hydrogens (tertiary/aromatic N) is 2. The zero-order chi connectivity index (χ0) is 13.1. The van der Waals surface area contributed by atoms with E-state index in [1.165, 1.54) is 25.7 Å². The van der Waals surface area contributed by atoms with Gasteiger partial charge in [0.25, 0.3) is 0 Å². The molecule has 2 atom stereocenters. The Kier molecular flexibility index (Phi) is 3.82. The van der Waals surface area contributed by atoms with Crippen LogP contribution in [0.5, 0.6) is 0 Å². The van der Waals surface area contributed by atoms with E-state index in [0.717, 1.165) is 6.54 Å². The van der Waals surface area contributed by atoms with Crippen LogP contribution in [-0.2, 0) is 11.3 Å². The fourth-order valence-corrected chi connectivity index (χ4v) is 3.42. The third-order valence-electron chi connectivity index (χ3n) is 4.27. The topological polar surface area (TPSA) is 59.0 Å². The molecule has 0 spiro atoms. The molecule has 19 heavy (non-hydrogen) atoms. The molecule has 2 unspecified atom stereocenters. The Morgan fingerprint density at radius 1 is 1.37 bits per heavy atom. The largest absolute Gasteiger partial charge is 0.354 e. The first kappa shape index (κ1) is 12.7. The summed E-state index contributed by atoms with van der Waals surface area (Å²) in [6.07, 6.45) is 9.29. The van der Waals surface area contributed by atoms with Crippen molar-refractivity contribution < 1.29 is 4.79 Å². The van der Waals surface area contributed by atoms with Gasteiger partial charge in [0.2, 0.25) is 5.91 Å². The summed E-state index contributed by atoms with van der Waals surface area (Å²) in [4.78, 5) is 11.9. The van der Waals surface area contributed by atoms with Crippen LogP contribution in [0.4, 0.5) is 0 Å². The first-order chi connectivity index (χ1) is 9.29. The Hall–Kier alpha value is -1.36. The second-order valence-corrected chi connectivity index (χ2v) is 5.80. The molecule has 0 saturated carbocycles. The number of aromatic nitrogens is 2. The van der Waals surface area contributed by atoms with Gasteiger partial charge >= 0.3 is 0 Å². The van der Waals surface area contributed by atoms with Crippen LogP contribution < -0.4 is 10.6 Å². The molecule has 2 bridgehead atoms. The first-order valence-corrected chi connectivity index (χ1v) is 7.30. The first-order valence-electron chi connectivity index (χ1n) is 7.30. The summed E-state index contributed by atoms with van der Waals surface area (Å²) in [6, 6.07) is 3.23. The van der Waals surface area contributed by atoms with Crippen molar-refractivity contribution in [3.63, 3.8) is 0 Å². The summed E-state index contributed by atoms with van der Waals surface area (Å²) < 4.78 is 1.84. The molecule has 5 heteroatoms. The summed E-state index contributed by atoms with van der Waals surface area (Å²) in [5.41, 5.74) is 0. The number of hydrogen-bond acceptors (Lipinski definition) is 3. The van der Waals surface area contributed by atoms with Crippen LogP contribution in [-0.4, -0.2) is 34.3 Å². The average molecular weight is 262 g/mol. The second-order valence-electron chi connectivity index (χ2n) is 5.80. The van der Waals surface area contributed by atoms with Crippen LogP contribution in [0, 0.1) is 5.92 Å². The molecule has 2 saturated heterocycles. The van der Waals surface area contributed by atoms with Crippen LogP contribution in [0.25, 0.3) is 0 Å². The van der Waals surface area contributed by atoms with E-state index in [9.17, 15) is 4.79 Å². The Morgan fingerprint density at radius 2 is 2.16 bits per heavy atom. The lowest BCUT2D eigenvalue weighted by atomic mass is 9.89. The molecule has 2 aliphatic rings. The van der Waals surface area contributed by atoms with Crippen LogP contribution in [0.3, 0.4) is 0 Å². The molecule has 3 heterocycles. The van der Waals surface area contributed by atoms with E-state index in [0.29, 0.717) is 31.0 Å². The molecule has 2 fully saturated rings. The summed E-state index contributed by atoms with van der Waals surface area (Å²) >= 11 is 0. The number of hydrogen-bond donors (Lipinski definition) is 2. The van der Waals surface area contributed by atoms with Gasteiger partial charge in [-0.1, -0.05) is 0 Å². The molecule has 2 aliphatic heterocycles. The fraction of sp³-hybridized carbons (Fsp3) is 0.714. The van der Waals surface area contributed by atoms with Crippen LogP contribution in [0.15, 0.2) is 18.5 Å². The Bertz CT molecular complexity index is 405. The zero-order valence-corrected chi connectivity index (χ0v) is 11.2. The number of rotatable bonds is 5. The number of nitrogens with one attached hydrogen (secondary N) is 2. The molecule has 0 aliphatic carbocycles. The predicted octanol–water partition coefficient (Wildman–Crippen LogP) is 0.920. The molecule has 104 valence electrons. The molecular formula is C14H22N4O. The van der Waals surface area contributed by atoms with Crippen LogP contribution >= 0.6 is 0 Å². The van der Waals surface area contributed by atoms with Crippen molar-refractivity contribution in [2.24, 2.45) is 5.92 Å². The number of fused-ring (bicyclic) bond motifs is 2. The average Bonchev–Trinajstić information content (AvgIpc) is 2.99. The Labute approximate surface area is 113 Å². The van der Waals surface area contributed by atoms with Crippen molar-refractivity contribution in [3.05, 3.63) is 18.5 Å². The lowest BCUT2D eigenvalue weighted by Gasteiger charge is -2.28. The van der Waals surface area contributed by atoms with Gasteiger partial charge in [-0.2, -0.15) is 5.10 Å². The van der Waals surface area contributed by atoms with Gasteiger partial charge in [-0.15, -0.1) is 0 Å². The van der Waals surface area contributed by atoms with E-state index in [4.69, 9.17) is 0 Å². The van der Waals surface area contributed by atoms with Crippen molar-refractivity contribution >= 4 is 5.91 Å². The molecule has 3 rings (SSSR count). The van der Waals surface area contributed by atoms with Gasteiger partial charge in [0.1, 0.15) is 0 Å². The van der Waals surface area contributed by atoms with Gasteiger partial charge in [0.05, 0.1) is 6.54 Å². The highest BCUT2D eigenvalue weighted by Gasteiger charge is 2.33. The van der Waals surface area contributed by atoms with Crippen molar-refractivity contribution in [3.8, 4) is 0 Å². The maximum absolute atomic E-state index is 11.9. The molecular weight excluding hydrogens is 240 g/mol. The minimum absolute atomic E-state index is 0.193. The van der Waals surface area contributed by atoms with E-state index < -0.39 is 0 Å². The minimum atomic E-state index is 0.193. The van der Waals surface area contributed by atoms with Gasteiger partial charge in [-0.05, 0) is 37.7 Å². The quantitative estimate of drug-likeness (QED) is 0.829. The molecule has 0 radical (unpaired) electrons. The normalized spacial score (nSPS) is 29.4. The van der Waals surface area contributed by atoms with Crippen molar-refractivity contribution in [1.82, 2.24) is 20.4 Å². The predicted molar refractivity (Wildman–Crippen MR) is 72.5 cm³/mol. The minimum Gasteiger partial charge on any atom is -0.354 e. The van der Waals surface area contributed by atoms with Gasteiger partial charge < -0.3 is 10.6 Å². The number of piperidine rings is 1. The Morgan fingerprint density at radius 3 is 2.84 bits per heavy atom. The standard InChI is InChI=1S/C14H22N4O/c19-14(15-5-7-18-6-1-4-16-18)10-11-8-12-2-3-13(9-11)17-12/h1,4,6,11-13,17H,2-3,5,7-10H2,(H,15,19). The lowest BCUT2D eigenvalue weighted by molar-refractivity contribution is -0.122. The van der Waals surface area contributed by atoms with E-state index >= 15 is 0 Å². The summed E-state index contributed by atoms with van der Waals surface area (Å²) in [7, 11) is 0. The van der Waals surface area contributed by atoms with Gasteiger partial charge in [0.15, 0.2) is 0 Å². The molecule has 1 aromatic rings. The summed E-state index contributed by atoms with van der Waals surface area (Å²) in [6.45, 7) is 1.41. The van der Waals surface area contributed by atoms with Gasteiger partial charge in [-0.3, -0.25) is 9.48 Å². The Balaban J connectivity index is 1.37. The number of carbonyl (C=O) groups is 1. The lowest BCUT2D eigenvalue weighted by Crippen LogP contribution is -2.40. The number of amides is 1. The van der Waals surface area contributed by atoms with E-state index in [2.05, 4.69) is 15.7 Å². The molecule has 0 aromatic carbocycles. The molecule has 5 nitrogen and oxygen atoms in total. The zero-order valence-electron chi connectivity index (χ0n) is 11.2.